The highest BCUT2D eigenvalue weighted by Crippen LogP contribution is 2.51. The molecule has 1 aromatic carbocycles. The van der Waals surface area contributed by atoms with Crippen LogP contribution in [0.3, 0.4) is 0 Å². The number of amides is 2. The maximum absolute atomic E-state index is 13.5. The predicted octanol–water partition coefficient (Wildman–Crippen LogP) is 1.28. The minimum atomic E-state index is -4.83. The van der Waals surface area contributed by atoms with E-state index in [-0.39, 0.29) is 54.2 Å². The maximum atomic E-state index is 13.5. The summed E-state index contributed by atoms with van der Waals surface area (Å²) in [6, 6.07) is 1.19. The van der Waals surface area contributed by atoms with E-state index in [2.05, 4.69) is 5.32 Å². The molecule has 0 radical (unpaired) electrons. The fourth-order valence-electron chi connectivity index (χ4n) is 4.74. The number of nitrogens with zero attached hydrogens (tertiary/aromatic N) is 1. The Kier molecular flexibility index (Phi) is 9.15. The van der Waals surface area contributed by atoms with Crippen molar-refractivity contribution >= 4 is 23.9 Å². The van der Waals surface area contributed by atoms with Crippen LogP contribution in [0.1, 0.15) is 48.0 Å². The molecular weight excluding hydrogens is 513 g/mol. The van der Waals surface area contributed by atoms with Gasteiger partial charge >= 0.3 is 6.18 Å². The Bertz CT molecular complexity index is 1120. The van der Waals surface area contributed by atoms with E-state index in [0.29, 0.717) is 16.7 Å². The molecular formula is C25H29F3N2O8. The van der Waals surface area contributed by atoms with E-state index < -0.39 is 55.3 Å². The van der Waals surface area contributed by atoms with Crippen LogP contribution >= 0.6 is 0 Å². The molecule has 1 aliphatic carbocycles. The van der Waals surface area contributed by atoms with Crippen molar-refractivity contribution in [1.82, 2.24) is 10.2 Å². The Hall–Kier alpha value is -3.45. The van der Waals surface area contributed by atoms with E-state index in [1.165, 1.54) is 26.2 Å². The number of ether oxygens (including phenoxy) is 2. The van der Waals surface area contributed by atoms with Gasteiger partial charge in [0.2, 0.25) is 11.8 Å². The van der Waals surface area contributed by atoms with Crippen molar-refractivity contribution in [1.29, 1.82) is 0 Å². The summed E-state index contributed by atoms with van der Waals surface area (Å²) in [5.74, 6) is -2.75. The van der Waals surface area contributed by atoms with Crippen LogP contribution < -0.4 is 14.8 Å². The van der Waals surface area contributed by atoms with E-state index >= 15 is 0 Å². The number of aliphatic hydroxyl groups is 2. The van der Waals surface area contributed by atoms with Gasteiger partial charge in [-0.3, -0.25) is 14.4 Å². The molecule has 0 saturated carbocycles. The van der Waals surface area contributed by atoms with Gasteiger partial charge in [-0.2, -0.15) is 13.2 Å². The Morgan fingerprint density at radius 2 is 1.95 bits per heavy atom. The molecule has 0 bridgehead atoms. The van der Waals surface area contributed by atoms with Crippen molar-refractivity contribution in [2.24, 2.45) is 0 Å². The lowest BCUT2D eigenvalue weighted by atomic mass is 9.77. The summed E-state index contributed by atoms with van der Waals surface area (Å²) >= 11 is 0. The Morgan fingerprint density at radius 1 is 1.24 bits per heavy atom. The number of carbonyl (C=O) groups is 4. The van der Waals surface area contributed by atoms with Gasteiger partial charge in [0.1, 0.15) is 30.8 Å². The van der Waals surface area contributed by atoms with Crippen molar-refractivity contribution in [2.45, 2.75) is 56.5 Å². The number of halogens is 3. The molecule has 0 saturated heterocycles. The summed E-state index contributed by atoms with van der Waals surface area (Å²) in [5, 5.41) is 22.8. The Morgan fingerprint density at radius 3 is 2.53 bits per heavy atom. The highest BCUT2D eigenvalue weighted by atomic mass is 19.4. The number of methoxy groups -OCH3 is 1. The molecule has 4 atom stereocenters. The van der Waals surface area contributed by atoms with Crippen LogP contribution in [-0.2, 0) is 14.4 Å². The normalized spacial score (nSPS) is 21.9. The number of hydrogen-bond acceptors (Lipinski definition) is 8. The van der Waals surface area contributed by atoms with Gasteiger partial charge in [-0.05, 0) is 31.6 Å². The third-order valence-corrected chi connectivity index (χ3v) is 6.36. The van der Waals surface area contributed by atoms with E-state index in [0.717, 1.165) is 6.08 Å². The van der Waals surface area contributed by atoms with Crippen LogP contribution in [0.2, 0.25) is 0 Å². The number of fused-ring (bicyclic) bond motifs is 3. The number of ketones is 1. The van der Waals surface area contributed by atoms with Crippen molar-refractivity contribution in [3.05, 3.63) is 34.9 Å². The average molecular weight is 543 g/mol. The maximum Gasteiger partial charge on any atom is 0.406 e. The van der Waals surface area contributed by atoms with Gasteiger partial charge in [-0.1, -0.05) is 0 Å². The number of rotatable bonds is 11. The monoisotopic (exact) mass is 542 g/mol. The van der Waals surface area contributed by atoms with Gasteiger partial charge in [-0.25, -0.2) is 0 Å². The first-order chi connectivity index (χ1) is 17.9. The lowest BCUT2D eigenvalue weighted by Crippen LogP contribution is -2.57. The van der Waals surface area contributed by atoms with Crippen molar-refractivity contribution in [3.8, 4) is 11.5 Å². The Balaban J connectivity index is 2.10. The third-order valence-electron chi connectivity index (χ3n) is 6.36. The van der Waals surface area contributed by atoms with Gasteiger partial charge in [0.05, 0.1) is 25.7 Å². The number of aliphatic hydroxyl groups excluding tert-OH is 2. The zero-order valence-electron chi connectivity index (χ0n) is 20.8. The Labute approximate surface area is 216 Å². The zero-order chi connectivity index (χ0) is 28.2. The van der Waals surface area contributed by atoms with Crippen LogP contribution in [-0.4, -0.2) is 90.2 Å². The summed E-state index contributed by atoms with van der Waals surface area (Å²) in [7, 11) is 1.31. The molecule has 208 valence electrons. The highest BCUT2D eigenvalue weighted by molar-refractivity contribution is 5.96. The first-order valence-corrected chi connectivity index (χ1v) is 11.9. The molecule has 1 aliphatic heterocycles. The van der Waals surface area contributed by atoms with Crippen LogP contribution in [0.25, 0.3) is 0 Å². The predicted molar refractivity (Wildman–Crippen MR) is 126 cm³/mol. The van der Waals surface area contributed by atoms with Crippen molar-refractivity contribution in [2.75, 3.05) is 26.8 Å². The molecule has 0 fully saturated rings. The van der Waals surface area contributed by atoms with Crippen LogP contribution in [0.15, 0.2) is 23.8 Å². The number of carbonyl (C=O) groups excluding carboxylic acids is 4. The van der Waals surface area contributed by atoms with Crippen LogP contribution in [0.5, 0.6) is 11.5 Å². The second-order valence-corrected chi connectivity index (χ2v) is 9.09. The molecule has 1 aromatic rings. The first-order valence-electron chi connectivity index (χ1n) is 11.9. The number of Topliss-reactive ketones (excluding diaryl/α,β-unsaturated/α-hetero) is 1. The summed E-state index contributed by atoms with van der Waals surface area (Å²) in [6.45, 7) is -0.992. The number of hydrogen-bond donors (Lipinski definition) is 3. The largest absolute Gasteiger partial charge is 0.493 e. The van der Waals surface area contributed by atoms with Gasteiger partial charge in [0, 0.05) is 36.1 Å². The van der Waals surface area contributed by atoms with E-state index in [9.17, 15) is 37.5 Å². The summed E-state index contributed by atoms with van der Waals surface area (Å²) < 4.78 is 51.8. The van der Waals surface area contributed by atoms with Gasteiger partial charge < -0.3 is 34.7 Å². The molecule has 0 spiro atoms. The van der Waals surface area contributed by atoms with Crippen LogP contribution in [0, 0.1) is 0 Å². The van der Waals surface area contributed by atoms with Gasteiger partial charge in [0.15, 0.2) is 11.5 Å². The summed E-state index contributed by atoms with van der Waals surface area (Å²) in [6.07, 6.45) is -6.59. The fourth-order valence-corrected chi connectivity index (χ4v) is 4.74. The fraction of sp³-hybridized carbons (Fsp3) is 0.520. The molecule has 0 aromatic heterocycles. The molecule has 3 N–H and O–H groups in total. The first kappa shape index (κ1) is 29.1. The quantitative estimate of drug-likeness (QED) is 0.355. The van der Waals surface area contributed by atoms with Crippen molar-refractivity contribution < 1.29 is 52.0 Å². The van der Waals surface area contributed by atoms with Crippen LogP contribution in [0.4, 0.5) is 13.2 Å². The van der Waals surface area contributed by atoms with Crippen molar-refractivity contribution in [3.63, 3.8) is 0 Å². The van der Waals surface area contributed by atoms with Gasteiger partial charge in [0.25, 0.3) is 0 Å². The molecule has 1 heterocycles. The molecule has 13 heteroatoms. The molecule has 3 rings (SSSR count). The van der Waals surface area contributed by atoms with E-state index in [4.69, 9.17) is 14.6 Å². The average Bonchev–Trinajstić information content (AvgIpc) is 3.25. The standard InChI is InChI=1S/C25H29F3N2O8/c1-13(33)4-3-5-19(34)30(12-25(26,27)28)17-10-16(24(36)29-6-7-31)20-15-8-14(11-32)9-18(37-2)22(15)38-23(20)21(17)35/h8-11,17,20-21,23,31,35H,3-7,12H2,1-2H3,(H,29,36)/t17-,20+,21+,23+/m1/s1. The number of benzene rings is 1. The second-order valence-electron chi connectivity index (χ2n) is 9.09. The lowest BCUT2D eigenvalue weighted by molar-refractivity contribution is -0.170. The number of aldehydes is 1. The third kappa shape index (κ3) is 6.33. The smallest absolute Gasteiger partial charge is 0.406 e. The molecule has 10 nitrogen and oxygen atoms in total. The second kappa shape index (κ2) is 11.9. The number of alkyl halides is 3. The zero-order valence-corrected chi connectivity index (χ0v) is 20.8. The minimum Gasteiger partial charge on any atom is -0.493 e. The topological polar surface area (TPSA) is 142 Å². The minimum absolute atomic E-state index is 0.00848. The van der Waals surface area contributed by atoms with Gasteiger partial charge in [-0.15, -0.1) is 0 Å². The molecule has 2 aliphatic rings. The summed E-state index contributed by atoms with van der Waals surface area (Å²) in [4.78, 5) is 49.2. The van der Waals surface area contributed by atoms with E-state index in [1.54, 1.807) is 0 Å². The molecule has 2 amide bonds. The number of nitrogens with one attached hydrogen (secondary N) is 1. The molecule has 38 heavy (non-hydrogen) atoms. The SMILES string of the molecule is COc1cc(C=O)cc2c1O[C@@H]1[C@@H](O)[C@H](N(CC(F)(F)F)C(=O)CCCC(C)=O)C=C(C(=O)NCCO)[C@H]21. The van der Waals surface area contributed by atoms with E-state index in [1.807, 2.05) is 0 Å². The summed E-state index contributed by atoms with van der Waals surface area (Å²) in [5.41, 5.74) is 0.372. The molecule has 0 unspecified atom stereocenters. The highest BCUT2D eigenvalue weighted by Gasteiger charge is 2.52. The lowest BCUT2D eigenvalue weighted by Gasteiger charge is -2.41.